The fourth-order valence-electron chi connectivity index (χ4n) is 2.13. The van der Waals surface area contributed by atoms with Crippen molar-refractivity contribution in [3.63, 3.8) is 0 Å². The van der Waals surface area contributed by atoms with Crippen molar-refractivity contribution in [2.24, 2.45) is 0 Å². The highest BCUT2D eigenvalue weighted by Crippen LogP contribution is 2.32. The third kappa shape index (κ3) is 2.61. The lowest BCUT2D eigenvalue weighted by atomic mass is 10.00. The highest BCUT2D eigenvalue weighted by Gasteiger charge is 2.17. The maximum Gasteiger partial charge on any atom is 0.0671 e. The molecule has 2 aromatic rings. The quantitative estimate of drug-likeness (QED) is 0.864. The molecule has 1 atom stereocenters. The first-order valence-corrected chi connectivity index (χ1v) is 7.37. The number of hydrogen-bond donors (Lipinski definition) is 1. The van der Waals surface area contributed by atoms with Gasteiger partial charge in [0.2, 0.25) is 0 Å². The zero-order valence-corrected chi connectivity index (χ0v) is 12.5. The van der Waals surface area contributed by atoms with Gasteiger partial charge in [-0.25, -0.2) is 0 Å². The molecule has 0 saturated carbocycles. The van der Waals surface area contributed by atoms with Crippen LogP contribution in [0.5, 0.6) is 0 Å². The monoisotopic (exact) mass is 279 g/mol. The topological polar surface area (TPSA) is 12.0 Å². The van der Waals surface area contributed by atoms with Crippen LogP contribution in [-0.2, 0) is 6.42 Å². The Balaban J connectivity index is 2.41. The summed E-state index contributed by atoms with van der Waals surface area (Å²) in [7, 11) is 2.00. The molecule has 0 aliphatic carbocycles. The fourth-order valence-corrected chi connectivity index (χ4v) is 3.39. The Bertz CT molecular complexity index is 533. The zero-order valence-electron chi connectivity index (χ0n) is 11.0. The van der Waals surface area contributed by atoms with Gasteiger partial charge in [-0.3, -0.25) is 0 Å². The lowest BCUT2D eigenvalue weighted by Gasteiger charge is -2.18. The summed E-state index contributed by atoms with van der Waals surface area (Å²) in [5.41, 5.74) is 2.42. The summed E-state index contributed by atoms with van der Waals surface area (Å²) in [5, 5.41) is 4.23. The summed E-state index contributed by atoms with van der Waals surface area (Å²) in [4.78, 5) is 2.77. The molecular formula is C15H18ClNS. The van der Waals surface area contributed by atoms with Crippen LogP contribution in [0.3, 0.4) is 0 Å². The molecule has 1 nitrogen and oxygen atoms in total. The minimum atomic E-state index is 0.231. The van der Waals surface area contributed by atoms with E-state index in [-0.39, 0.29) is 6.04 Å². The molecule has 0 spiro atoms. The van der Waals surface area contributed by atoms with Crippen molar-refractivity contribution in [2.45, 2.75) is 26.3 Å². The lowest BCUT2D eigenvalue weighted by Crippen LogP contribution is -2.17. The van der Waals surface area contributed by atoms with Crippen molar-refractivity contribution < 1.29 is 0 Å². The van der Waals surface area contributed by atoms with Gasteiger partial charge in [-0.15, -0.1) is 11.3 Å². The molecule has 0 radical (unpaired) electrons. The van der Waals surface area contributed by atoms with Crippen LogP contribution in [0.1, 0.15) is 33.8 Å². The Labute approximate surface area is 118 Å². The number of rotatable bonds is 4. The van der Waals surface area contributed by atoms with Gasteiger partial charge < -0.3 is 5.32 Å². The lowest BCUT2D eigenvalue weighted by molar-refractivity contribution is 0.699. The summed E-state index contributed by atoms with van der Waals surface area (Å²) in [6.45, 7) is 4.27. The molecule has 0 aliphatic rings. The van der Waals surface area contributed by atoms with Crippen molar-refractivity contribution in [3.05, 3.63) is 56.2 Å². The third-order valence-electron chi connectivity index (χ3n) is 3.22. The van der Waals surface area contributed by atoms with Gasteiger partial charge in [0.1, 0.15) is 0 Å². The number of hydrogen-bond acceptors (Lipinski definition) is 2. The molecule has 2 rings (SSSR count). The van der Waals surface area contributed by atoms with Gasteiger partial charge in [-0.2, -0.15) is 0 Å². The number of benzene rings is 1. The van der Waals surface area contributed by atoms with Gasteiger partial charge in [-0.05, 0) is 49.7 Å². The molecule has 1 aromatic heterocycles. The van der Waals surface area contributed by atoms with Crippen LogP contribution in [0, 0.1) is 6.92 Å². The van der Waals surface area contributed by atoms with Crippen LogP contribution < -0.4 is 5.32 Å². The summed E-state index contributed by atoms with van der Waals surface area (Å²) < 4.78 is 0. The molecule has 1 heterocycles. The Morgan fingerprint density at radius 1 is 1.28 bits per heavy atom. The van der Waals surface area contributed by atoms with Crippen molar-refractivity contribution >= 4 is 22.9 Å². The average molecular weight is 280 g/mol. The predicted octanol–water partition coefficient (Wildman–Crippen LogP) is 4.58. The van der Waals surface area contributed by atoms with Gasteiger partial charge in [0.15, 0.2) is 0 Å². The van der Waals surface area contributed by atoms with E-state index in [0.29, 0.717) is 0 Å². The number of thiophene rings is 1. The number of halogens is 1. The second-order valence-electron chi connectivity index (χ2n) is 4.33. The molecular weight excluding hydrogens is 262 g/mol. The van der Waals surface area contributed by atoms with Gasteiger partial charge in [-0.1, -0.05) is 30.7 Å². The minimum absolute atomic E-state index is 0.231. The molecule has 96 valence electrons. The van der Waals surface area contributed by atoms with Gasteiger partial charge >= 0.3 is 0 Å². The second-order valence-corrected chi connectivity index (χ2v) is 5.94. The van der Waals surface area contributed by atoms with E-state index in [1.165, 1.54) is 15.3 Å². The molecule has 0 bridgehead atoms. The van der Waals surface area contributed by atoms with E-state index in [1.807, 2.05) is 30.5 Å². The summed E-state index contributed by atoms with van der Waals surface area (Å²) in [5.74, 6) is 0. The Morgan fingerprint density at radius 3 is 2.67 bits per heavy atom. The van der Waals surface area contributed by atoms with E-state index in [1.54, 1.807) is 0 Å². The van der Waals surface area contributed by atoms with Crippen LogP contribution in [0.4, 0.5) is 0 Å². The van der Waals surface area contributed by atoms with Crippen LogP contribution >= 0.6 is 22.9 Å². The van der Waals surface area contributed by atoms with Crippen LogP contribution in [-0.4, -0.2) is 7.05 Å². The first kappa shape index (κ1) is 13.6. The van der Waals surface area contributed by atoms with Crippen LogP contribution in [0.2, 0.25) is 5.02 Å². The first-order valence-electron chi connectivity index (χ1n) is 6.18. The maximum atomic E-state index is 6.21. The van der Waals surface area contributed by atoms with E-state index in [4.69, 9.17) is 11.6 Å². The molecule has 1 N–H and O–H groups in total. The van der Waals surface area contributed by atoms with Crippen molar-refractivity contribution in [2.75, 3.05) is 7.05 Å². The van der Waals surface area contributed by atoms with Crippen molar-refractivity contribution in [3.8, 4) is 0 Å². The molecule has 1 aromatic carbocycles. The molecule has 1 unspecified atom stereocenters. The largest absolute Gasteiger partial charge is 0.309 e. The van der Waals surface area contributed by atoms with E-state index >= 15 is 0 Å². The van der Waals surface area contributed by atoms with Crippen molar-refractivity contribution in [1.29, 1.82) is 0 Å². The van der Waals surface area contributed by atoms with Crippen LogP contribution in [0.15, 0.2) is 30.3 Å². The highest BCUT2D eigenvalue weighted by molar-refractivity contribution is 7.12. The second kappa shape index (κ2) is 5.87. The SMILES string of the molecule is CCc1ccc(C(NC)c2cccc(Cl)c2C)s1. The average Bonchev–Trinajstić information content (AvgIpc) is 2.84. The Kier molecular flexibility index (Phi) is 4.44. The maximum absolute atomic E-state index is 6.21. The van der Waals surface area contributed by atoms with E-state index in [2.05, 4.69) is 37.4 Å². The standard InChI is InChI=1S/C15H18ClNS/c1-4-11-8-9-14(18-11)15(17-3)12-6-5-7-13(16)10(12)2/h5-9,15,17H,4H2,1-3H3. The summed E-state index contributed by atoms with van der Waals surface area (Å²) >= 11 is 8.08. The van der Waals surface area contributed by atoms with Gasteiger partial charge in [0.25, 0.3) is 0 Å². The van der Waals surface area contributed by atoms with Gasteiger partial charge in [0, 0.05) is 14.8 Å². The summed E-state index contributed by atoms with van der Waals surface area (Å²) in [6.07, 6.45) is 1.09. The fraction of sp³-hybridized carbons (Fsp3) is 0.333. The zero-order chi connectivity index (χ0) is 13.1. The predicted molar refractivity (Wildman–Crippen MR) is 80.8 cm³/mol. The van der Waals surface area contributed by atoms with E-state index < -0.39 is 0 Å². The molecule has 3 heteroatoms. The molecule has 18 heavy (non-hydrogen) atoms. The third-order valence-corrected chi connectivity index (χ3v) is 4.93. The molecule has 0 amide bonds. The first-order chi connectivity index (χ1) is 8.67. The number of aryl methyl sites for hydroxylation is 1. The van der Waals surface area contributed by atoms with Gasteiger partial charge in [0.05, 0.1) is 6.04 Å². The Morgan fingerprint density at radius 2 is 2.06 bits per heavy atom. The van der Waals surface area contributed by atoms with Crippen molar-refractivity contribution in [1.82, 2.24) is 5.32 Å². The smallest absolute Gasteiger partial charge is 0.0671 e. The Hall–Kier alpha value is -0.830. The highest BCUT2D eigenvalue weighted by atomic mass is 35.5. The molecule has 0 aliphatic heterocycles. The summed E-state index contributed by atoms with van der Waals surface area (Å²) in [6, 6.07) is 10.8. The minimum Gasteiger partial charge on any atom is -0.309 e. The van der Waals surface area contributed by atoms with E-state index in [9.17, 15) is 0 Å². The normalized spacial score (nSPS) is 12.7. The van der Waals surface area contributed by atoms with Crippen LogP contribution in [0.25, 0.3) is 0 Å². The van der Waals surface area contributed by atoms with E-state index in [0.717, 1.165) is 17.0 Å². The molecule has 0 saturated heterocycles. The number of nitrogens with one attached hydrogen (secondary N) is 1. The molecule has 0 fully saturated rings.